The van der Waals surface area contributed by atoms with E-state index in [2.05, 4.69) is 16.0 Å². The highest BCUT2D eigenvalue weighted by Gasteiger charge is 2.39. The van der Waals surface area contributed by atoms with Gasteiger partial charge in [-0.25, -0.2) is 0 Å². The summed E-state index contributed by atoms with van der Waals surface area (Å²) in [5.41, 5.74) is 10.7. The van der Waals surface area contributed by atoms with Crippen molar-refractivity contribution in [3.05, 3.63) is 0 Å². The fourth-order valence-electron chi connectivity index (χ4n) is 4.10. The van der Waals surface area contributed by atoms with E-state index in [-0.39, 0.29) is 18.4 Å². The maximum atomic E-state index is 13.0. The number of carbonyl (C=O) groups is 5. The van der Waals surface area contributed by atoms with Crippen LogP contribution in [0, 0.1) is 0 Å². The van der Waals surface area contributed by atoms with E-state index in [0.29, 0.717) is 38.8 Å². The number of nitrogens with one attached hydrogen (secondary N) is 3. The number of likely N-dealkylation sites (tertiary alicyclic amines) is 1. The molecule has 0 aromatic heterocycles. The van der Waals surface area contributed by atoms with Gasteiger partial charge in [-0.15, -0.1) is 0 Å². The summed E-state index contributed by atoms with van der Waals surface area (Å²) in [7, 11) is 0. The maximum Gasteiger partial charge on any atom is 0.305 e. The number of primary amides is 1. The normalized spacial score (nSPS) is 22.2. The minimum Gasteiger partial charge on any atom is -0.481 e. The van der Waals surface area contributed by atoms with Gasteiger partial charge in [0.1, 0.15) is 18.1 Å². The van der Waals surface area contributed by atoms with Crippen molar-refractivity contribution in [1.82, 2.24) is 20.9 Å². The molecule has 180 valence electrons. The van der Waals surface area contributed by atoms with Gasteiger partial charge in [0.2, 0.25) is 23.6 Å². The Balaban J connectivity index is 2.06. The van der Waals surface area contributed by atoms with Crippen molar-refractivity contribution >= 4 is 29.6 Å². The van der Waals surface area contributed by atoms with Crippen molar-refractivity contribution in [2.75, 3.05) is 19.6 Å². The van der Waals surface area contributed by atoms with Gasteiger partial charge in [-0.05, 0) is 58.0 Å². The molecule has 2 fully saturated rings. The topological polar surface area (TPSA) is 197 Å². The second-order valence-corrected chi connectivity index (χ2v) is 8.25. The van der Waals surface area contributed by atoms with E-state index < -0.39 is 48.2 Å². The van der Waals surface area contributed by atoms with Crippen molar-refractivity contribution < 1.29 is 29.1 Å². The Morgan fingerprint density at radius 3 is 2.41 bits per heavy atom. The van der Waals surface area contributed by atoms with E-state index in [1.807, 2.05) is 0 Å². The molecule has 8 N–H and O–H groups in total. The summed E-state index contributed by atoms with van der Waals surface area (Å²) in [5.74, 6) is -3.54. The first-order valence-corrected chi connectivity index (χ1v) is 11.1. The molecule has 0 bridgehead atoms. The van der Waals surface area contributed by atoms with Crippen LogP contribution >= 0.6 is 0 Å². The lowest BCUT2D eigenvalue weighted by Gasteiger charge is -2.28. The smallest absolute Gasteiger partial charge is 0.305 e. The molecule has 2 aliphatic heterocycles. The number of nitrogens with zero attached hydrogens (tertiary/aromatic N) is 1. The molecule has 0 aliphatic carbocycles. The molecule has 0 spiro atoms. The highest BCUT2D eigenvalue weighted by atomic mass is 16.4. The van der Waals surface area contributed by atoms with Gasteiger partial charge >= 0.3 is 5.97 Å². The van der Waals surface area contributed by atoms with Crippen LogP contribution in [0.3, 0.4) is 0 Å². The highest BCUT2D eigenvalue weighted by Crippen LogP contribution is 2.21. The Hall–Kier alpha value is -2.73. The first-order chi connectivity index (χ1) is 15.2. The molecule has 32 heavy (non-hydrogen) atoms. The number of rotatable bonds is 12. The van der Waals surface area contributed by atoms with Gasteiger partial charge in [-0.1, -0.05) is 0 Å². The lowest BCUT2D eigenvalue weighted by atomic mass is 10.1. The summed E-state index contributed by atoms with van der Waals surface area (Å²) in [6.45, 7) is 1.65. The lowest BCUT2D eigenvalue weighted by molar-refractivity contribution is -0.141. The van der Waals surface area contributed by atoms with Gasteiger partial charge in [0, 0.05) is 6.54 Å². The fourth-order valence-corrected chi connectivity index (χ4v) is 4.10. The minimum atomic E-state index is -1.40. The minimum absolute atomic E-state index is 0.112. The van der Waals surface area contributed by atoms with Gasteiger partial charge in [0.15, 0.2) is 0 Å². The number of unbranched alkanes of at least 4 members (excludes halogenated alkanes) is 1. The predicted octanol–water partition coefficient (Wildman–Crippen LogP) is -2.21. The quantitative estimate of drug-likeness (QED) is 0.178. The third kappa shape index (κ3) is 7.16. The summed E-state index contributed by atoms with van der Waals surface area (Å²) < 4.78 is 0. The fraction of sp³-hybridized carbons (Fsp3) is 0.750. The Morgan fingerprint density at radius 2 is 1.81 bits per heavy atom. The molecule has 2 aliphatic rings. The van der Waals surface area contributed by atoms with Gasteiger partial charge in [-0.3, -0.25) is 24.0 Å². The monoisotopic (exact) mass is 454 g/mol. The van der Waals surface area contributed by atoms with Crippen molar-refractivity contribution in [3.8, 4) is 0 Å². The Morgan fingerprint density at radius 1 is 1.06 bits per heavy atom. The summed E-state index contributed by atoms with van der Waals surface area (Å²) in [6, 6.07) is -3.38. The summed E-state index contributed by atoms with van der Waals surface area (Å²) in [5, 5.41) is 17.1. The number of carboxylic acids is 1. The van der Waals surface area contributed by atoms with E-state index in [4.69, 9.17) is 16.6 Å². The molecular formula is C20H34N6O6. The van der Waals surface area contributed by atoms with Crippen LogP contribution < -0.4 is 27.4 Å². The number of amides is 4. The molecular weight excluding hydrogens is 420 g/mol. The first kappa shape index (κ1) is 25.5. The molecule has 12 nitrogen and oxygen atoms in total. The van der Waals surface area contributed by atoms with Crippen LogP contribution in [0.15, 0.2) is 0 Å². The molecule has 0 saturated carbocycles. The van der Waals surface area contributed by atoms with Crippen LogP contribution in [-0.4, -0.2) is 83.4 Å². The van der Waals surface area contributed by atoms with Crippen molar-refractivity contribution in [2.24, 2.45) is 11.5 Å². The van der Waals surface area contributed by atoms with Gasteiger partial charge < -0.3 is 37.4 Å². The van der Waals surface area contributed by atoms with Crippen LogP contribution in [0.25, 0.3) is 0 Å². The molecule has 2 saturated heterocycles. The maximum absolute atomic E-state index is 13.0. The van der Waals surface area contributed by atoms with Crippen molar-refractivity contribution in [2.45, 2.75) is 75.5 Å². The molecule has 0 aromatic rings. The number of carbonyl (C=O) groups excluding carboxylic acids is 4. The van der Waals surface area contributed by atoms with Crippen LogP contribution in [0.4, 0.5) is 0 Å². The first-order valence-electron chi connectivity index (χ1n) is 11.1. The zero-order valence-electron chi connectivity index (χ0n) is 18.2. The van der Waals surface area contributed by atoms with E-state index in [1.54, 1.807) is 4.90 Å². The molecule has 2 heterocycles. The number of hydrogen-bond donors (Lipinski definition) is 6. The molecule has 4 amide bonds. The molecule has 0 unspecified atom stereocenters. The van der Waals surface area contributed by atoms with E-state index >= 15 is 0 Å². The van der Waals surface area contributed by atoms with E-state index in [9.17, 15) is 24.0 Å². The average molecular weight is 455 g/mol. The molecule has 2 rings (SSSR count). The number of hydrogen-bond acceptors (Lipinski definition) is 7. The Bertz CT molecular complexity index is 711. The zero-order chi connectivity index (χ0) is 23.7. The van der Waals surface area contributed by atoms with Crippen LogP contribution in [0.1, 0.15) is 51.4 Å². The zero-order valence-corrected chi connectivity index (χ0v) is 18.2. The average Bonchev–Trinajstić information content (AvgIpc) is 3.43. The van der Waals surface area contributed by atoms with Crippen LogP contribution in [0.2, 0.25) is 0 Å². The Kier molecular flexibility index (Phi) is 9.85. The number of aliphatic carboxylic acids is 1. The second kappa shape index (κ2) is 12.3. The SMILES string of the molecule is NCCCC[C@H](NC(=O)[C@@H]1CCCN1C(=O)[C@@H]1CCCN1)C(=O)N[C@@H](CC(=O)O)C(N)=O. The van der Waals surface area contributed by atoms with Crippen molar-refractivity contribution in [3.63, 3.8) is 0 Å². The Labute approximate surface area is 186 Å². The summed E-state index contributed by atoms with van der Waals surface area (Å²) in [6.07, 6.45) is 3.55. The number of carboxylic acid groups (broad SMARTS) is 1. The van der Waals surface area contributed by atoms with Crippen molar-refractivity contribution in [1.29, 1.82) is 0 Å². The molecule has 12 heteroatoms. The van der Waals surface area contributed by atoms with Gasteiger partial charge in [0.25, 0.3) is 0 Å². The molecule has 0 aromatic carbocycles. The lowest BCUT2D eigenvalue weighted by Crippen LogP contribution is -2.57. The third-order valence-corrected chi connectivity index (χ3v) is 5.82. The van der Waals surface area contributed by atoms with E-state index in [0.717, 1.165) is 19.4 Å². The molecule has 0 radical (unpaired) electrons. The third-order valence-electron chi connectivity index (χ3n) is 5.82. The predicted molar refractivity (Wildman–Crippen MR) is 114 cm³/mol. The van der Waals surface area contributed by atoms with E-state index in [1.165, 1.54) is 0 Å². The van der Waals surface area contributed by atoms with Crippen LogP contribution in [-0.2, 0) is 24.0 Å². The van der Waals surface area contributed by atoms with Gasteiger partial charge in [-0.2, -0.15) is 0 Å². The largest absolute Gasteiger partial charge is 0.481 e. The standard InChI is InChI=1S/C20H34N6O6/c21-8-2-1-5-12(18(30)25-14(17(22)29)11-16(27)28)24-19(31)15-7-4-10-26(15)20(32)13-6-3-9-23-13/h12-15,23H,1-11,21H2,(H2,22,29)(H,24,31)(H,25,30)(H,27,28)/t12-,13-,14-,15-/m0/s1. The summed E-state index contributed by atoms with van der Waals surface area (Å²) >= 11 is 0. The summed E-state index contributed by atoms with van der Waals surface area (Å²) in [4.78, 5) is 62.6. The highest BCUT2D eigenvalue weighted by molar-refractivity contribution is 5.95. The van der Waals surface area contributed by atoms with Gasteiger partial charge in [0.05, 0.1) is 12.5 Å². The number of nitrogens with two attached hydrogens (primary N) is 2. The second-order valence-electron chi connectivity index (χ2n) is 8.25. The van der Waals surface area contributed by atoms with Crippen LogP contribution in [0.5, 0.6) is 0 Å². The molecule has 4 atom stereocenters.